The van der Waals surface area contributed by atoms with Gasteiger partial charge in [-0.2, -0.15) is 0 Å². The zero-order valence-electron chi connectivity index (χ0n) is 6.57. The van der Waals surface area contributed by atoms with Crippen LogP contribution >= 0.6 is 0 Å². The summed E-state index contributed by atoms with van der Waals surface area (Å²) >= 11 is 0. The molecule has 0 unspecified atom stereocenters. The van der Waals surface area contributed by atoms with Gasteiger partial charge in [-0.3, -0.25) is 4.79 Å². The van der Waals surface area contributed by atoms with Crippen LogP contribution in [0.3, 0.4) is 0 Å². The molecule has 0 spiro atoms. The van der Waals surface area contributed by atoms with Crippen LogP contribution in [-0.2, 0) is 0 Å². The van der Waals surface area contributed by atoms with Crippen LogP contribution in [0, 0.1) is 4.91 Å². The molecular weight excluding hydrogens is 156 g/mol. The van der Waals surface area contributed by atoms with Crippen molar-refractivity contribution >= 4 is 17.7 Å². The molecule has 4 heteroatoms. The number of aldehydes is 1. The van der Waals surface area contributed by atoms with Gasteiger partial charge in [0.15, 0.2) is 0 Å². The van der Waals surface area contributed by atoms with Crippen molar-refractivity contribution in [2.24, 2.45) is 5.18 Å². The van der Waals surface area contributed by atoms with Gasteiger partial charge in [0.25, 0.3) is 0 Å². The number of rotatable bonds is 3. The van der Waals surface area contributed by atoms with Gasteiger partial charge < -0.3 is 5.32 Å². The Morgan fingerprint density at radius 1 is 1.50 bits per heavy atom. The number of hydrogen-bond acceptors (Lipinski definition) is 4. The molecule has 0 radical (unpaired) electrons. The molecule has 0 amide bonds. The van der Waals surface area contributed by atoms with E-state index < -0.39 is 0 Å². The first-order valence-corrected chi connectivity index (χ1v) is 3.42. The Bertz CT molecular complexity index is 310. The molecule has 1 N–H and O–H groups in total. The van der Waals surface area contributed by atoms with E-state index in [1.807, 2.05) is 0 Å². The van der Waals surface area contributed by atoms with Crippen LogP contribution in [0.4, 0.5) is 11.4 Å². The normalized spacial score (nSPS) is 9.08. The first-order valence-electron chi connectivity index (χ1n) is 3.42. The molecule has 0 bridgehead atoms. The highest BCUT2D eigenvalue weighted by Crippen LogP contribution is 2.24. The lowest BCUT2D eigenvalue weighted by molar-refractivity contribution is 0.112. The predicted molar refractivity (Wildman–Crippen MR) is 46.8 cm³/mol. The molecule has 1 aromatic carbocycles. The molecule has 62 valence electrons. The van der Waals surface area contributed by atoms with E-state index >= 15 is 0 Å². The summed E-state index contributed by atoms with van der Waals surface area (Å²) in [6.45, 7) is 0. The number of carbonyl (C=O) groups is 1. The molecular formula is C8H8N2O2. The lowest BCUT2D eigenvalue weighted by Crippen LogP contribution is -1.89. The molecule has 12 heavy (non-hydrogen) atoms. The number of benzene rings is 1. The third kappa shape index (κ3) is 1.47. The van der Waals surface area contributed by atoms with Crippen molar-refractivity contribution in [2.75, 3.05) is 12.4 Å². The Balaban J connectivity index is 3.18. The molecule has 0 atom stereocenters. The Labute approximate surface area is 69.6 Å². The molecule has 0 saturated heterocycles. The smallest absolute Gasteiger partial charge is 0.150 e. The van der Waals surface area contributed by atoms with Gasteiger partial charge in [0.1, 0.15) is 12.0 Å². The van der Waals surface area contributed by atoms with E-state index in [-0.39, 0.29) is 5.69 Å². The molecule has 4 nitrogen and oxygen atoms in total. The fourth-order valence-electron chi connectivity index (χ4n) is 0.909. The van der Waals surface area contributed by atoms with Crippen LogP contribution in [0.25, 0.3) is 0 Å². The highest BCUT2D eigenvalue weighted by Gasteiger charge is 2.01. The average molecular weight is 164 g/mol. The minimum atomic E-state index is 0.252. The van der Waals surface area contributed by atoms with Crippen molar-refractivity contribution in [3.05, 3.63) is 28.7 Å². The second kappa shape index (κ2) is 3.61. The topological polar surface area (TPSA) is 58.5 Å². The molecule has 1 rings (SSSR count). The number of nitroso groups, excluding NO2 is 1. The van der Waals surface area contributed by atoms with Gasteiger partial charge in [-0.25, -0.2) is 0 Å². The molecule has 0 aliphatic rings. The highest BCUT2D eigenvalue weighted by molar-refractivity contribution is 5.80. The fourth-order valence-corrected chi connectivity index (χ4v) is 0.909. The van der Waals surface area contributed by atoms with Crippen LogP contribution < -0.4 is 5.32 Å². The van der Waals surface area contributed by atoms with Gasteiger partial charge in [-0.05, 0) is 23.4 Å². The van der Waals surface area contributed by atoms with Crippen molar-refractivity contribution < 1.29 is 4.79 Å². The monoisotopic (exact) mass is 164 g/mol. The van der Waals surface area contributed by atoms with Crippen molar-refractivity contribution in [2.45, 2.75) is 0 Å². The Hall–Kier alpha value is -1.71. The zero-order chi connectivity index (χ0) is 8.97. The minimum absolute atomic E-state index is 0.252. The van der Waals surface area contributed by atoms with Crippen molar-refractivity contribution in [3.63, 3.8) is 0 Å². The molecule has 0 aliphatic carbocycles. The summed E-state index contributed by atoms with van der Waals surface area (Å²) < 4.78 is 0. The van der Waals surface area contributed by atoms with Gasteiger partial charge in [0, 0.05) is 12.6 Å². The third-order valence-corrected chi connectivity index (χ3v) is 1.53. The van der Waals surface area contributed by atoms with Crippen LogP contribution in [0.2, 0.25) is 0 Å². The van der Waals surface area contributed by atoms with Crippen molar-refractivity contribution in [3.8, 4) is 0 Å². The summed E-state index contributed by atoms with van der Waals surface area (Å²) in [5.41, 5.74) is 1.32. The molecule has 0 saturated carbocycles. The largest absolute Gasteiger partial charge is 0.386 e. The van der Waals surface area contributed by atoms with Crippen LogP contribution in [-0.4, -0.2) is 13.3 Å². The standard InChI is InChI=1S/C8H8N2O2/c1-9-7-3-2-6(5-11)4-8(7)10-12/h2-5,9H,1H3. The van der Waals surface area contributed by atoms with E-state index in [1.165, 1.54) is 6.07 Å². The number of carbonyl (C=O) groups excluding carboxylic acids is 1. The predicted octanol–water partition coefficient (Wildman–Crippen LogP) is 1.94. The zero-order valence-corrected chi connectivity index (χ0v) is 6.57. The van der Waals surface area contributed by atoms with Crippen molar-refractivity contribution in [1.82, 2.24) is 0 Å². The Morgan fingerprint density at radius 3 is 2.75 bits per heavy atom. The summed E-state index contributed by atoms with van der Waals surface area (Å²) in [6.07, 6.45) is 0.675. The minimum Gasteiger partial charge on any atom is -0.386 e. The highest BCUT2D eigenvalue weighted by atomic mass is 16.3. The SMILES string of the molecule is CNc1ccc(C=O)cc1N=O. The van der Waals surface area contributed by atoms with Crippen LogP contribution in [0.1, 0.15) is 10.4 Å². The second-order valence-corrected chi connectivity index (χ2v) is 2.24. The molecule has 0 fully saturated rings. The molecule has 0 heterocycles. The Morgan fingerprint density at radius 2 is 2.25 bits per heavy atom. The van der Waals surface area contributed by atoms with Crippen LogP contribution in [0.5, 0.6) is 0 Å². The van der Waals surface area contributed by atoms with Gasteiger partial charge in [-0.15, -0.1) is 4.91 Å². The molecule has 1 aromatic rings. The summed E-state index contributed by atoms with van der Waals surface area (Å²) in [7, 11) is 1.69. The van der Waals surface area contributed by atoms with Gasteiger partial charge in [-0.1, -0.05) is 0 Å². The van der Waals surface area contributed by atoms with Gasteiger partial charge in [0.2, 0.25) is 0 Å². The van der Waals surface area contributed by atoms with E-state index in [1.54, 1.807) is 19.2 Å². The molecule has 0 aliphatic heterocycles. The van der Waals surface area contributed by atoms with E-state index in [9.17, 15) is 9.70 Å². The first-order chi connectivity index (χ1) is 5.81. The third-order valence-electron chi connectivity index (χ3n) is 1.53. The summed E-state index contributed by atoms with van der Waals surface area (Å²) in [5.74, 6) is 0. The summed E-state index contributed by atoms with van der Waals surface area (Å²) in [4.78, 5) is 20.6. The van der Waals surface area contributed by atoms with Gasteiger partial charge >= 0.3 is 0 Å². The number of anilines is 1. The lowest BCUT2D eigenvalue weighted by atomic mass is 10.2. The summed E-state index contributed by atoms with van der Waals surface area (Å²) in [5, 5.41) is 5.57. The van der Waals surface area contributed by atoms with E-state index in [4.69, 9.17) is 0 Å². The summed E-state index contributed by atoms with van der Waals surface area (Å²) in [6, 6.07) is 4.69. The quantitative estimate of drug-likeness (QED) is 0.548. The van der Waals surface area contributed by atoms with E-state index in [0.29, 0.717) is 17.5 Å². The number of nitrogens with one attached hydrogen (secondary N) is 1. The maximum atomic E-state index is 10.3. The van der Waals surface area contributed by atoms with E-state index in [2.05, 4.69) is 10.5 Å². The van der Waals surface area contributed by atoms with Crippen molar-refractivity contribution in [1.29, 1.82) is 0 Å². The maximum Gasteiger partial charge on any atom is 0.150 e. The first kappa shape index (κ1) is 8.39. The molecule has 0 aromatic heterocycles. The number of hydrogen-bond donors (Lipinski definition) is 1. The number of nitrogens with zero attached hydrogens (tertiary/aromatic N) is 1. The lowest BCUT2D eigenvalue weighted by Gasteiger charge is -2.01. The van der Waals surface area contributed by atoms with Crippen LogP contribution in [0.15, 0.2) is 23.4 Å². The van der Waals surface area contributed by atoms with E-state index in [0.717, 1.165) is 0 Å². The van der Waals surface area contributed by atoms with Gasteiger partial charge in [0.05, 0.1) is 5.69 Å². The average Bonchev–Trinajstić information content (AvgIpc) is 2.16. The second-order valence-electron chi connectivity index (χ2n) is 2.24. The fraction of sp³-hybridized carbons (Fsp3) is 0.125. The maximum absolute atomic E-state index is 10.3. The Kier molecular flexibility index (Phi) is 2.53.